The van der Waals surface area contributed by atoms with Crippen LogP contribution in [-0.2, 0) is 4.79 Å². The first-order valence-corrected chi connectivity index (χ1v) is 3.07. The van der Waals surface area contributed by atoms with E-state index in [1.165, 1.54) is 0 Å². The van der Waals surface area contributed by atoms with Crippen LogP contribution in [0.5, 0.6) is 0 Å². The van der Waals surface area contributed by atoms with Crippen molar-refractivity contribution in [2.75, 3.05) is 13.6 Å². The SMILES string of the molecule is CC(=O)C1=CN=[C]N(C)C1. The number of rotatable bonds is 1. The van der Waals surface area contributed by atoms with Gasteiger partial charge in [-0.25, -0.2) is 4.99 Å². The molecule has 0 bridgehead atoms. The molecule has 1 radical (unpaired) electrons. The van der Waals surface area contributed by atoms with Crippen molar-refractivity contribution in [2.24, 2.45) is 4.99 Å². The third kappa shape index (κ3) is 1.43. The fourth-order valence-corrected chi connectivity index (χ4v) is 0.739. The number of aliphatic imine (C=N–C) groups is 1. The van der Waals surface area contributed by atoms with Crippen LogP contribution >= 0.6 is 0 Å². The molecule has 0 unspecified atom stereocenters. The van der Waals surface area contributed by atoms with E-state index in [4.69, 9.17) is 0 Å². The lowest BCUT2D eigenvalue weighted by molar-refractivity contribution is -0.113. The lowest BCUT2D eigenvalue weighted by Crippen LogP contribution is -2.24. The van der Waals surface area contributed by atoms with E-state index >= 15 is 0 Å². The van der Waals surface area contributed by atoms with Crippen LogP contribution in [0.15, 0.2) is 16.8 Å². The minimum atomic E-state index is 0.0806. The second-order valence-corrected chi connectivity index (χ2v) is 2.30. The average molecular weight is 137 g/mol. The summed E-state index contributed by atoms with van der Waals surface area (Å²) in [4.78, 5) is 16.3. The summed E-state index contributed by atoms with van der Waals surface area (Å²) in [5.74, 6) is 0.0806. The molecule has 0 fully saturated rings. The lowest BCUT2D eigenvalue weighted by atomic mass is 10.2. The molecule has 10 heavy (non-hydrogen) atoms. The Morgan fingerprint density at radius 1 is 1.90 bits per heavy atom. The molecule has 3 heteroatoms. The second-order valence-electron chi connectivity index (χ2n) is 2.30. The summed E-state index contributed by atoms with van der Waals surface area (Å²) in [7, 11) is 1.83. The van der Waals surface area contributed by atoms with Crippen LogP contribution in [0.25, 0.3) is 0 Å². The van der Waals surface area contributed by atoms with E-state index in [1.807, 2.05) is 7.05 Å². The summed E-state index contributed by atoms with van der Waals surface area (Å²) < 4.78 is 0. The van der Waals surface area contributed by atoms with Crippen LogP contribution in [0.4, 0.5) is 0 Å². The number of hydrogen-bond donors (Lipinski definition) is 0. The molecule has 1 aliphatic heterocycles. The standard InChI is InChI=1S/C7H9N2O/c1-6(10)7-3-8-5-9(2)4-7/h3H,4H2,1-2H3. The molecule has 0 N–H and O–H groups in total. The fraction of sp³-hybridized carbons (Fsp3) is 0.429. The van der Waals surface area contributed by atoms with Crippen molar-refractivity contribution in [3.05, 3.63) is 11.8 Å². The van der Waals surface area contributed by atoms with Gasteiger partial charge in [-0.15, -0.1) is 0 Å². The number of carbonyl (C=O) groups excluding carboxylic acids is 1. The maximum atomic E-state index is 10.8. The zero-order chi connectivity index (χ0) is 7.56. The molecular weight excluding hydrogens is 128 g/mol. The maximum Gasteiger partial charge on any atom is 0.171 e. The molecule has 0 saturated carbocycles. The monoisotopic (exact) mass is 137 g/mol. The third-order valence-corrected chi connectivity index (χ3v) is 1.31. The summed E-state index contributed by atoms with van der Waals surface area (Å²) in [6.07, 6.45) is 4.25. The predicted octanol–water partition coefficient (Wildman–Crippen LogP) is 0.310. The molecule has 0 amide bonds. The van der Waals surface area contributed by atoms with Gasteiger partial charge in [0.05, 0.1) is 0 Å². The van der Waals surface area contributed by atoms with Gasteiger partial charge in [0, 0.05) is 25.4 Å². The smallest absolute Gasteiger partial charge is 0.171 e. The van der Waals surface area contributed by atoms with E-state index in [0.29, 0.717) is 6.54 Å². The lowest BCUT2D eigenvalue weighted by Gasteiger charge is -2.15. The first-order chi connectivity index (χ1) is 4.70. The quantitative estimate of drug-likeness (QED) is 0.521. The highest BCUT2D eigenvalue weighted by atomic mass is 16.1. The number of nitrogens with zero attached hydrogens (tertiary/aromatic N) is 2. The molecule has 0 aliphatic carbocycles. The molecular formula is C7H9N2O. The van der Waals surface area contributed by atoms with Gasteiger partial charge in [-0.2, -0.15) is 0 Å². The third-order valence-electron chi connectivity index (χ3n) is 1.31. The Balaban J connectivity index is 2.71. The maximum absolute atomic E-state index is 10.8. The van der Waals surface area contributed by atoms with Gasteiger partial charge in [0.15, 0.2) is 12.1 Å². The van der Waals surface area contributed by atoms with E-state index in [2.05, 4.69) is 11.3 Å². The van der Waals surface area contributed by atoms with E-state index in [9.17, 15) is 4.79 Å². The summed E-state index contributed by atoms with van der Waals surface area (Å²) >= 11 is 0. The molecule has 0 saturated heterocycles. The van der Waals surface area contributed by atoms with Crippen LogP contribution in [-0.4, -0.2) is 30.6 Å². The Morgan fingerprint density at radius 2 is 2.60 bits per heavy atom. The largest absolute Gasteiger partial charge is 0.352 e. The first kappa shape index (κ1) is 6.99. The van der Waals surface area contributed by atoms with E-state index in [0.717, 1.165) is 5.57 Å². The average Bonchev–Trinajstić information content (AvgIpc) is 1.88. The van der Waals surface area contributed by atoms with E-state index in [-0.39, 0.29) is 5.78 Å². The van der Waals surface area contributed by atoms with Gasteiger partial charge in [-0.3, -0.25) is 4.79 Å². The van der Waals surface area contributed by atoms with E-state index in [1.54, 1.807) is 18.0 Å². The van der Waals surface area contributed by atoms with Crippen LogP contribution in [0.3, 0.4) is 0 Å². The highest BCUT2D eigenvalue weighted by Gasteiger charge is 2.08. The van der Waals surface area contributed by atoms with Gasteiger partial charge in [-0.05, 0) is 6.92 Å². The zero-order valence-corrected chi connectivity index (χ0v) is 6.09. The Kier molecular flexibility index (Phi) is 1.85. The summed E-state index contributed by atoms with van der Waals surface area (Å²) in [5.41, 5.74) is 0.737. The molecule has 1 heterocycles. The van der Waals surface area contributed by atoms with Crippen molar-refractivity contribution in [1.29, 1.82) is 0 Å². The van der Waals surface area contributed by atoms with E-state index < -0.39 is 0 Å². The number of likely N-dealkylation sites (N-methyl/N-ethyl adjacent to an activating group) is 1. The molecule has 53 valence electrons. The van der Waals surface area contributed by atoms with Gasteiger partial charge >= 0.3 is 0 Å². The van der Waals surface area contributed by atoms with Crippen molar-refractivity contribution in [2.45, 2.75) is 6.92 Å². The fourth-order valence-electron chi connectivity index (χ4n) is 0.739. The molecule has 0 atom stereocenters. The second kappa shape index (κ2) is 2.64. The van der Waals surface area contributed by atoms with Gasteiger partial charge in [-0.1, -0.05) is 0 Å². The molecule has 1 aliphatic rings. The molecule has 0 aromatic carbocycles. The van der Waals surface area contributed by atoms with Gasteiger partial charge < -0.3 is 4.90 Å². The summed E-state index contributed by atoms with van der Waals surface area (Å²) in [6.45, 7) is 2.17. The molecule has 0 spiro atoms. The van der Waals surface area contributed by atoms with Gasteiger partial charge in [0.2, 0.25) is 0 Å². The number of ketones is 1. The van der Waals surface area contributed by atoms with Crippen molar-refractivity contribution in [1.82, 2.24) is 4.90 Å². The van der Waals surface area contributed by atoms with Crippen molar-refractivity contribution in [3.8, 4) is 0 Å². The normalized spacial score (nSPS) is 17.0. The van der Waals surface area contributed by atoms with Crippen LogP contribution < -0.4 is 0 Å². The number of carbonyl (C=O) groups is 1. The first-order valence-electron chi connectivity index (χ1n) is 3.07. The molecule has 1 rings (SSSR count). The molecule has 3 nitrogen and oxygen atoms in total. The highest BCUT2D eigenvalue weighted by Crippen LogP contribution is 2.02. The Morgan fingerprint density at radius 3 is 3.00 bits per heavy atom. The van der Waals surface area contributed by atoms with Crippen molar-refractivity contribution < 1.29 is 4.79 Å². The highest BCUT2D eigenvalue weighted by molar-refractivity contribution is 5.94. The Bertz CT molecular complexity index is 206. The summed E-state index contributed by atoms with van der Waals surface area (Å²) in [5, 5.41) is 0. The van der Waals surface area contributed by atoms with Gasteiger partial charge in [0.1, 0.15) is 0 Å². The zero-order valence-electron chi connectivity index (χ0n) is 6.09. The summed E-state index contributed by atoms with van der Waals surface area (Å²) in [6, 6.07) is 0. The number of Topliss-reactive ketones (excluding diaryl/α,β-unsaturated/α-hetero) is 1. The molecule has 0 aromatic rings. The van der Waals surface area contributed by atoms with Crippen LogP contribution in [0.2, 0.25) is 0 Å². The topological polar surface area (TPSA) is 32.7 Å². The Hall–Kier alpha value is -1.12. The van der Waals surface area contributed by atoms with Crippen LogP contribution in [0.1, 0.15) is 6.92 Å². The minimum absolute atomic E-state index is 0.0806. The van der Waals surface area contributed by atoms with Gasteiger partial charge in [0.25, 0.3) is 0 Å². The molecule has 0 aromatic heterocycles. The van der Waals surface area contributed by atoms with Crippen molar-refractivity contribution in [3.63, 3.8) is 0 Å². The minimum Gasteiger partial charge on any atom is -0.352 e. The van der Waals surface area contributed by atoms with Crippen molar-refractivity contribution >= 4 is 12.1 Å². The predicted molar refractivity (Wildman–Crippen MR) is 38.8 cm³/mol. The number of hydrogen-bond acceptors (Lipinski definition) is 3. The van der Waals surface area contributed by atoms with Crippen LogP contribution in [0, 0.1) is 0 Å². The Labute approximate surface area is 60.1 Å².